The van der Waals surface area contributed by atoms with Crippen molar-refractivity contribution in [2.45, 2.75) is 36.9 Å². The average Bonchev–Trinajstić information content (AvgIpc) is 3.38. The number of aliphatic hydroxyl groups excluding tert-OH is 3. The molecule has 0 amide bonds. The van der Waals surface area contributed by atoms with Gasteiger partial charge in [0.25, 0.3) is 0 Å². The lowest BCUT2D eigenvalue weighted by molar-refractivity contribution is -0.205. The summed E-state index contributed by atoms with van der Waals surface area (Å²) >= 11 is 0. The van der Waals surface area contributed by atoms with Gasteiger partial charge in [0.2, 0.25) is 0 Å². The molecule has 3 heterocycles. The molecule has 31 heavy (non-hydrogen) atoms. The van der Waals surface area contributed by atoms with E-state index in [1.807, 2.05) is 0 Å². The molecule has 0 bridgehead atoms. The summed E-state index contributed by atoms with van der Waals surface area (Å²) in [5.74, 6) is -3.96. The van der Waals surface area contributed by atoms with Crippen molar-refractivity contribution in [2.24, 2.45) is 7.05 Å². The number of imidazole rings is 1. The quantitative estimate of drug-likeness (QED) is 0.505. The van der Waals surface area contributed by atoms with Gasteiger partial charge in [-0.1, -0.05) is 5.21 Å². The minimum atomic E-state index is -1.60. The van der Waals surface area contributed by atoms with Crippen LogP contribution in [0.2, 0.25) is 0 Å². The second-order valence-electron chi connectivity index (χ2n) is 7.31. The van der Waals surface area contributed by atoms with Crippen LogP contribution in [0.15, 0.2) is 30.7 Å². The van der Waals surface area contributed by atoms with Crippen LogP contribution < -0.4 is 0 Å². The molecule has 3 aromatic rings. The van der Waals surface area contributed by atoms with Crippen molar-refractivity contribution in [3.63, 3.8) is 0 Å². The number of aromatic nitrogens is 5. The Morgan fingerprint density at radius 3 is 2.45 bits per heavy atom. The van der Waals surface area contributed by atoms with Crippen LogP contribution in [-0.4, -0.2) is 64.8 Å². The highest BCUT2D eigenvalue weighted by Gasteiger charge is 2.47. The van der Waals surface area contributed by atoms with E-state index in [-0.39, 0.29) is 24.3 Å². The van der Waals surface area contributed by atoms with E-state index in [1.165, 1.54) is 12.4 Å². The monoisotopic (exact) mass is 439 g/mol. The fourth-order valence-corrected chi connectivity index (χ4v) is 3.75. The highest BCUT2D eigenvalue weighted by atomic mass is 19.2. The van der Waals surface area contributed by atoms with E-state index >= 15 is 0 Å². The van der Waals surface area contributed by atoms with Crippen molar-refractivity contribution in [2.75, 3.05) is 6.61 Å². The normalized spacial score (nSPS) is 26.4. The molecule has 5 atom stereocenters. The summed E-state index contributed by atoms with van der Waals surface area (Å²) < 4.78 is 49.1. The van der Waals surface area contributed by atoms with Gasteiger partial charge in [-0.05, 0) is 18.6 Å². The summed E-state index contributed by atoms with van der Waals surface area (Å²) in [5.41, 5.74) is -0.0535. The molecule has 0 radical (unpaired) electrons. The number of hydrogen-bond donors (Lipinski definition) is 3. The van der Waals surface area contributed by atoms with Crippen molar-refractivity contribution >= 4 is 0 Å². The van der Waals surface area contributed by atoms with Crippen molar-refractivity contribution in [3.05, 3.63) is 54.0 Å². The predicted molar refractivity (Wildman–Crippen MR) is 98.9 cm³/mol. The maximum atomic E-state index is 13.6. The van der Waals surface area contributed by atoms with Crippen molar-refractivity contribution in [1.29, 1.82) is 0 Å². The first-order valence-electron chi connectivity index (χ1n) is 9.48. The largest absolute Gasteiger partial charge is 0.396 e. The first-order chi connectivity index (χ1) is 14.8. The zero-order valence-electron chi connectivity index (χ0n) is 16.3. The van der Waals surface area contributed by atoms with Gasteiger partial charge in [-0.3, -0.25) is 0 Å². The van der Waals surface area contributed by atoms with Crippen molar-refractivity contribution in [3.8, 4) is 11.3 Å². The molecule has 1 aromatic carbocycles. The molecule has 0 unspecified atom stereocenters. The molecule has 4 rings (SSSR count). The molecule has 2 aromatic heterocycles. The molecule has 9 nitrogen and oxygen atoms in total. The molecule has 0 spiro atoms. The molecule has 1 aliphatic rings. The summed E-state index contributed by atoms with van der Waals surface area (Å²) in [6, 6.07) is 0.479. The summed E-state index contributed by atoms with van der Waals surface area (Å²) in [4.78, 5) is 4.19. The van der Waals surface area contributed by atoms with Gasteiger partial charge >= 0.3 is 0 Å². The molecule has 0 saturated carbocycles. The zero-order valence-corrected chi connectivity index (χ0v) is 16.3. The Balaban J connectivity index is 1.71. The molecule has 166 valence electrons. The fourth-order valence-electron chi connectivity index (χ4n) is 3.75. The third kappa shape index (κ3) is 3.82. The minimum absolute atomic E-state index is 0.0101. The van der Waals surface area contributed by atoms with Crippen LogP contribution in [0.4, 0.5) is 13.2 Å². The Morgan fingerprint density at radius 2 is 1.84 bits per heavy atom. The van der Waals surface area contributed by atoms with Crippen molar-refractivity contribution in [1.82, 2.24) is 24.5 Å². The van der Waals surface area contributed by atoms with Gasteiger partial charge in [0.15, 0.2) is 17.5 Å². The van der Waals surface area contributed by atoms with Crippen LogP contribution >= 0.6 is 0 Å². The van der Waals surface area contributed by atoms with E-state index in [4.69, 9.17) is 4.74 Å². The van der Waals surface area contributed by atoms with E-state index < -0.39 is 47.9 Å². The van der Waals surface area contributed by atoms with Gasteiger partial charge in [-0.25, -0.2) is 22.8 Å². The second kappa shape index (κ2) is 8.38. The third-order valence-electron chi connectivity index (χ3n) is 5.33. The number of halogens is 3. The first-order valence-corrected chi connectivity index (χ1v) is 9.48. The molecule has 1 fully saturated rings. The Hall–Kier alpha value is -2.80. The topological polar surface area (TPSA) is 118 Å². The molecule has 3 N–H and O–H groups in total. The van der Waals surface area contributed by atoms with Crippen LogP contribution in [-0.2, 0) is 11.8 Å². The Morgan fingerprint density at radius 1 is 1.13 bits per heavy atom. The Bertz CT molecular complexity index is 1050. The third-order valence-corrected chi connectivity index (χ3v) is 5.33. The number of aryl methyl sites for hydroxylation is 1. The van der Waals surface area contributed by atoms with E-state index in [9.17, 15) is 28.5 Å². The first kappa shape index (κ1) is 21.4. The van der Waals surface area contributed by atoms with Crippen LogP contribution in [0.25, 0.3) is 11.3 Å². The van der Waals surface area contributed by atoms with Gasteiger partial charge < -0.3 is 24.6 Å². The fraction of sp³-hybridized carbons (Fsp3) is 0.421. The SMILES string of the molecule is Cn1ccnc1[C@@H]1O[C@H](CCO)[C@H](O)[C@H](n2cc(-c3cc(F)c(F)c(F)c3)nn2)[C@H]1O. The van der Waals surface area contributed by atoms with Gasteiger partial charge in [-0.15, -0.1) is 5.10 Å². The van der Waals surface area contributed by atoms with Crippen molar-refractivity contribution < 1.29 is 33.2 Å². The molecular weight excluding hydrogens is 419 g/mol. The van der Waals surface area contributed by atoms with Crippen LogP contribution in [0.3, 0.4) is 0 Å². The van der Waals surface area contributed by atoms with E-state index in [1.54, 1.807) is 17.8 Å². The van der Waals surface area contributed by atoms with E-state index in [0.717, 1.165) is 16.8 Å². The highest BCUT2D eigenvalue weighted by molar-refractivity contribution is 5.57. The Kier molecular flexibility index (Phi) is 5.79. The number of aliphatic hydroxyl groups is 3. The average molecular weight is 439 g/mol. The standard InChI is InChI=1S/C19H20F3N5O4/c1-26-4-3-23-19(26)18-17(30)15(16(29)13(31-18)2-5-28)27-8-12(24-25-27)9-6-10(20)14(22)11(21)7-9/h3-4,6-8,13,15-18,28-30H,2,5H2,1H3/t13-,15+,16+,17-,18-/m1/s1. The lowest BCUT2D eigenvalue weighted by Gasteiger charge is -2.42. The number of hydrogen-bond acceptors (Lipinski definition) is 7. The molecule has 1 aliphatic heterocycles. The summed E-state index contributed by atoms with van der Waals surface area (Å²) in [6.07, 6.45) is 0.153. The summed E-state index contributed by atoms with van der Waals surface area (Å²) in [5, 5.41) is 38.9. The number of nitrogens with zero attached hydrogens (tertiary/aromatic N) is 5. The maximum Gasteiger partial charge on any atom is 0.194 e. The molecule has 1 saturated heterocycles. The Labute approximate surface area is 174 Å². The minimum Gasteiger partial charge on any atom is -0.396 e. The molecule has 0 aliphatic carbocycles. The van der Waals surface area contributed by atoms with Gasteiger partial charge in [-0.2, -0.15) is 0 Å². The van der Waals surface area contributed by atoms with Gasteiger partial charge in [0, 0.05) is 31.6 Å². The smallest absolute Gasteiger partial charge is 0.194 e. The lowest BCUT2D eigenvalue weighted by Crippen LogP contribution is -2.52. The van der Waals surface area contributed by atoms with Crippen LogP contribution in [0.5, 0.6) is 0 Å². The van der Waals surface area contributed by atoms with Gasteiger partial charge in [0.1, 0.15) is 35.9 Å². The lowest BCUT2D eigenvalue weighted by atomic mass is 9.90. The van der Waals surface area contributed by atoms with Gasteiger partial charge in [0.05, 0.1) is 12.3 Å². The predicted octanol–water partition coefficient (Wildman–Crippen LogP) is 0.881. The summed E-state index contributed by atoms with van der Waals surface area (Å²) in [7, 11) is 1.71. The van der Waals surface area contributed by atoms with E-state index in [2.05, 4.69) is 15.3 Å². The summed E-state index contributed by atoms with van der Waals surface area (Å²) in [6.45, 7) is -0.269. The highest BCUT2D eigenvalue weighted by Crippen LogP contribution is 2.38. The van der Waals surface area contributed by atoms with Crippen LogP contribution in [0, 0.1) is 17.5 Å². The molecular formula is C19H20F3N5O4. The number of rotatable bonds is 5. The number of benzene rings is 1. The maximum absolute atomic E-state index is 13.6. The second-order valence-corrected chi connectivity index (χ2v) is 7.31. The van der Waals surface area contributed by atoms with E-state index in [0.29, 0.717) is 5.82 Å². The van der Waals surface area contributed by atoms with Crippen LogP contribution in [0.1, 0.15) is 24.4 Å². The zero-order chi connectivity index (χ0) is 22.3. The number of ether oxygens (including phenoxy) is 1. The molecule has 12 heteroatoms.